The molecular formula is C112H76F22S6+6. The van der Waals surface area contributed by atoms with Crippen LogP contribution in [0.5, 0.6) is 0 Å². The fraction of sp³-hybridized carbons (Fsp3) is 0.0357. The SMILES string of the molecule is FC(F)(F)c1cccc([S+](c2cccc(C(F)(F)F)c2)c2cccc(C(F)(F)F)c2)c1.FC(F)(F)c1cccc([S+](c2ccccc2)c2ccccc2)c1.Fc1cc(F)cc([S+](c2ccccc2)c2cc(F)cc(F)c2)c1.Fc1cc(F)cc([S+](c2ccccc2)c2ccccc2)c1.Fc1ccc([S+](c2ccc(F)cc2)c2ccc(F)cc2)cc1.Fc1ccc([S+](c2ccccc2)c2ccccc2)cc1. The Bertz CT molecular complexity index is 6510. The van der Waals surface area contributed by atoms with Gasteiger partial charge in [-0.15, -0.1) is 0 Å². The molecule has 0 saturated carbocycles. The van der Waals surface area contributed by atoms with Crippen molar-refractivity contribution >= 4 is 65.4 Å². The van der Waals surface area contributed by atoms with Crippen LogP contribution < -0.4 is 0 Å². The number of benzene rings is 18. The third-order valence-corrected chi connectivity index (χ3v) is 33.1. The maximum atomic E-state index is 13.6. The molecule has 18 aromatic rings. The van der Waals surface area contributed by atoms with E-state index in [2.05, 4.69) is 24.3 Å². The van der Waals surface area contributed by atoms with Crippen LogP contribution in [0, 0.1) is 58.2 Å². The van der Waals surface area contributed by atoms with Gasteiger partial charge < -0.3 is 0 Å². The van der Waals surface area contributed by atoms with Crippen molar-refractivity contribution in [2.75, 3.05) is 0 Å². The van der Waals surface area contributed by atoms with Crippen LogP contribution in [0.15, 0.2) is 549 Å². The van der Waals surface area contributed by atoms with Gasteiger partial charge >= 0.3 is 24.7 Å². The predicted octanol–water partition coefficient (Wildman–Crippen LogP) is 34.2. The fourth-order valence-electron chi connectivity index (χ4n) is 13.8. The molecule has 0 N–H and O–H groups in total. The van der Waals surface area contributed by atoms with Crippen molar-refractivity contribution in [3.8, 4) is 0 Å². The fourth-order valence-corrected chi connectivity index (χ4v) is 26.5. The lowest BCUT2D eigenvalue weighted by Crippen LogP contribution is -2.12. The van der Waals surface area contributed by atoms with E-state index in [1.807, 2.05) is 170 Å². The third kappa shape index (κ3) is 29.3. The second kappa shape index (κ2) is 48.4. The molecule has 0 saturated heterocycles. The molecule has 28 heteroatoms. The van der Waals surface area contributed by atoms with E-state index in [0.717, 1.165) is 118 Å². The Kier molecular flexibility index (Phi) is 35.9. The number of hydrogen-bond donors (Lipinski definition) is 0. The summed E-state index contributed by atoms with van der Waals surface area (Å²) in [6.07, 6.45) is -18.5. The van der Waals surface area contributed by atoms with Gasteiger partial charge in [-0.3, -0.25) is 0 Å². The van der Waals surface area contributed by atoms with E-state index in [0.29, 0.717) is 24.5 Å². The van der Waals surface area contributed by atoms with Crippen molar-refractivity contribution in [1.82, 2.24) is 0 Å². The first kappa shape index (κ1) is 104. The Morgan fingerprint density at radius 3 is 0.400 bits per heavy atom. The highest BCUT2D eigenvalue weighted by Gasteiger charge is 2.42. The topological polar surface area (TPSA) is 0 Å². The van der Waals surface area contributed by atoms with E-state index in [-0.39, 0.29) is 48.9 Å². The molecule has 0 nitrogen and oxygen atoms in total. The Hall–Kier alpha value is -13.5. The standard InChI is InChI=1S/C21H12F9S.C19H14F3S.C18H11F4S.C18H12F3S.C18H13F2S.C18H14FS/c22-19(23,24)13-4-1-7-16(10-13)31(17-8-2-5-14(11-17)20(25,26)27)18-9-3-6-15(12-18)21(28,29)30;20-19(21,22)15-8-7-13-18(14-15)23(16-9-3-1-4-10-16)17-11-5-2-6-12-17;19-12-6-13(20)9-17(8-12)23(16-4-2-1-3-5-16)18-10-14(21)7-15(22)11-18;19-13-1-7-16(8-2-13)22(17-9-3-14(20)4-10-17)18-11-5-15(21)6-12-18;19-14-11-15(20)13-18(12-14)21(16-7-3-1-4-8-16)17-9-5-2-6-10-17;19-15-11-13-18(14-12-15)20(16-7-3-1-4-8-16)17-9-5-2-6-10-17/h1-12H;1-14H;1-11H;1-12H;1-13H;1-14H/q6*+1. The zero-order chi connectivity index (χ0) is 99.7. The molecule has 0 spiro atoms. The monoisotopic (exact) mass is 2030 g/mol. The normalized spacial score (nSPS) is 11.5. The van der Waals surface area contributed by atoms with Gasteiger partial charge in [-0.1, -0.05) is 152 Å². The van der Waals surface area contributed by atoms with Crippen LogP contribution in [0.3, 0.4) is 0 Å². The number of hydrogen-bond acceptors (Lipinski definition) is 0. The molecule has 0 unspecified atom stereocenters. The number of rotatable bonds is 18. The van der Waals surface area contributed by atoms with E-state index in [9.17, 15) is 96.6 Å². The van der Waals surface area contributed by atoms with Gasteiger partial charge in [0.15, 0.2) is 88.1 Å². The van der Waals surface area contributed by atoms with Gasteiger partial charge in [0.1, 0.15) is 58.2 Å². The van der Waals surface area contributed by atoms with Crippen molar-refractivity contribution in [3.05, 3.63) is 541 Å². The molecule has 0 heterocycles. The largest absolute Gasteiger partial charge is 0.416 e. The zero-order valence-electron chi connectivity index (χ0n) is 72.6. The van der Waals surface area contributed by atoms with Crippen molar-refractivity contribution in [2.45, 2.75) is 113 Å². The van der Waals surface area contributed by atoms with Gasteiger partial charge in [0.05, 0.1) is 87.6 Å². The van der Waals surface area contributed by atoms with Crippen LogP contribution in [0.25, 0.3) is 0 Å². The maximum Gasteiger partial charge on any atom is 0.416 e. The van der Waals surface area contributed by atoms with Crippen LogP contribution in [-0.4, -0.2) is 0 Å². The number of alkyl halides is 12. The molecule has 0 aliphatic rings. The van der Waals surface area contributed by atoms with Crippen LogP contribution in [0.4, 0.5) is 96.6 Å². The third-order valence-electron chi connectivity index (χ3n) is 19.9. The summed E-state index contributed by atoms with van der Waals surface area (Å²) in [7, 11) is -4.47. The summed E-state index contributed by atoms with van der Waals surface area (Å²) in [4.78, 5) is 12.8. The smallest absolute Gasteiger partial charge is 0.207 e. The lowest BCUT2D eigenvalue weighted by molar-refractivity contribution is -0.138. The molecule has 0 radical (unpaired) electrons. The summed E-state index contributed by atoms with van der Waals surface area (Å²) in [5, 5.41) is 0. The minimum Gasteiger partial charge on any atom is -0.207 e. The van der Waals surface area contributed by atoms with Crippen LogP contribution in [-0.2, 0) is 90.1 Å². The molecule has 0 aromatic heterocycles. The molecule has 18 rings (SSSR count). The molecular weight excluding hydrogens is 1960 g/mol. The van der Waals surface area contributed by atoms with Crippen LogP contribution in [0.2, 0.25) is 0 Å². The Morgan fingerprint density at radius 1 is 0.107 bits per heavy atom. The van der Waals surface area contributed by atoms with Gasteiger partial charge in [-0.2, -0.15) is 52.7 Å². The Balaban J connectivity index is 0.000000142. The van der Waals surface area contributed by atoms with Crippen molar-refractivity contribution in [3.63, 3.8) is 0 Å². The van der Waals surface area contributed by atoms with Gasteiger partial charge in [-0.25, -0.2) is 43.9 Å². The minimum atomic E-state index is -4.73. The van der Waals surface area contributed by atoms with Crippen molar-refractivity contribution in [2.24, 2.45) is 0 Å². The molecule has 0 bridgehead atoms. The van der Waals surface area contributed by atoms with Gasteiger partial charge in [0, 0.05) is 78.9 Å². The first-order valence-corrected chi connectivity index (χ1v) is 49.3. The van der Waals surface area contributed by atoms with Gasteiger partial charge in [0.25, 0.3) is 0 Å². The molecule has 140 heavy (non-hydrogen) atoms. The summed E-state index contributed by atoms with van der Waals surface area (Å²) >= 11 is 0. The summed E-state index contributed by atoms with van der Waals surface area (Å²) in [6.45, 7) is 0. The van der Waals surface area contributed by atoms with Gasteiger partial charge in [0.2, 0.25) is 0 Å². The van der Waals surface area contributed by atoms with E-state index in [1.54, 1.807) is 72.8 Å². The zero-order valence-corrected chi connectivity index (χ0v) is 77.5. The van der Waals surface area contributed by atoms with Gasteiger partial charge in [-0.05, 0) is 231 Å². The second-order valence-electron chi connectivity index (χ2n) is 29.8. The summed E-state index contributed by atoms with van der Waals surface area (Å²) in [5.41, 5.74) is -3.77. The molecule has 708 valence electrons. The molecule has 0 aliphatic carbocycles. The van der Waals surface area contributed by atoms with Crippen LogP contribution >= 0.6 is 0 Å². The highest BCUT2D eigenvalue weighted by atomic mass is 32.2. The quantitative estimate of drug-likeness (QED) is 0.0593. The molecule has 0 fully saturated rings. The van der Waals surface area contributed by atoms with E-state index < -0.39 is 136 Å². The average Bonchev–Trinajstić information content (AvgIpc) is 0.775. The predicted molar refractivity (Wildman–Crippen MR) is 509 cm³/mol. The van der Waals surface area contributed by atoms with Crippen molar-refractivity contribution in [1.29, 1.82) is 0 Å². The first-order valence-electron chi connectivity index (χ1n) is 42.0. The Morgan fingerprint density at radius 2 is 0.236 bits per heavy atom. The molecule has 0 aliphatic heterocycles. The highest BCUT2D eigenvalue weighted by molar-refractivity contribution is 7.98. The summed E-state index contributed by atoms with van der Waals surface area (Å²) < 4.78 is 292. The van der Waals surface area contributed by atoms with E-state index >= 15 is 0 Å². The number of halogens is 22. The molecule has 0 atom stereocenters. The van der Waals surface area contributed by atoms with E-state index in [4.69, 9.17) is 0 Å². The average molecular weight is 2030 g/mol. The second-order valence-corrected chi connectivity index (χ2v) is 41.9. The highest BCUT2D eigenvalue weighted by Crippen LogP contribution is 2.44. The summed E-state index contributed by atoms with van der Waals surface area (Å²) in [5.74, 6) is -5.16. The molecule has 18 aromatic carbocycles. The van der Waals surface area contributed by atoms with Crippen LogP contribution in [0.1, 0.15) is 22.3 Å². The lowest BCUT2D eigenvalue weighted by Gasteiger charge is -2.14. The molecule has 0 amide bonds. The lowest BCUT2D eigenvalue weighted by atomic mass is 10.2. The minimum absolute atomic E-state index is 0.0616. The van der Waals surface area contributed by atoms with Crippen molar-refractivity contribution < 1.29 is 96.6 Å². The Labute approximate surface area is 810 Å². The van der Waals surface area contributed by atoms with E-state index in [1.165, 1.54) is 125 Å². The summed E-state index contributed by atoms with van der Waals surface area (Å²) in [6, 6.07) is 121. The first-order chi connectivity index (χ1) is 67.1. The maximum absolute atomic E-state index is 13.6.